The summed E-state index contributed by atoms with van der Waals surface area (Å²) in [5, 5.41) is 9.67. The van der Waals surface area contributed by atoms with E-state index in [-0.39, 0.29) is 6.71 Å². The number of rotatable bonds is 0. The fourth-order valence-corrected chi connectivity index (χ4v) is 7.05. The molecule has 0 saturated carbocycles. The summed E-state index contributed by atoms with van der Waals surface area (Å²) in [5.74, 6) is 3.41. The van der Waals surface area contributed by atoms with Crippen molar-refractivity contribution >= 4 is 77.4 Å². The highest BCUT2D eigenvalue weighted by atomic mass is 16.5. The molecular weight excluding hydrogens is 491 g/mol. The van der Waals surface area contributed by atoms with Crippen molar-refractivity contribution in [1.29, 1.82) is 0 Å². The molecule has 0 aliphatic carbocycles. The van der Waals surface area contributed by atoms with Crippen molar-refractivity contribution in [1.82, 2.24) is 0 Å². The fourth-order valence-electron chi connectivity index (χ4n) is 7.05. The van der Waals surface area contributed by atoms with Crippen LogP contribution in [0.3, 0.4) is 0 Å². The van der Waals surface area contributed by atoms with Gasteiger partial charge in [-0.1, -0.05) is 84.9 Å². The molecule has 0 saturated heterocycles. The molecule has 7 aromatic carbocycles. The Morgan fingerprint density at radius 2 is 0.900 bits per heavy atom. The molecule has 0 N–H and O–H groups in total. The molecule has 0 spiro atoms. The SMILES string of the molecule is c1cc2c3c(c1)Oc1cc4c5ccccc5c5ccccc5c4cc1B3c1cc3c(cc1O2)oc1ccccc13. The molecule has 40 heavy (non-hydrogen) atoms. The maximum Gasteiger partial charge on any atom is 0.260 e. The maximum atomic E-state index is 6.65. The van der Waals surface area contributed by atoms with Gasteiger partial charge >= 0.3 is 0 Å². The minimum atomic E-state index is -0.0219. The Kier molecular flexibility index (Phi) is 3.75. The van der Waals surface area contributed by atoms with Crippen LogP contribution >= 0.6 is 0 Å². The molecule has 184 valence electrons. The van der Waals surface area contributed by atoms with E-state index >= 15 is 0 Å². The third kappa shape index (κ3) is 2.56. The molecule has 0 amide bonds. The van der Waals surface area contributed by atoms with Gasteiger partial charge in [-0.15, -0.1) is 0 Å². The predicted octanol–water partition coefficient (Wildman–Crippen LogP) is 7.77. The monoisotopic (exact) mass is 510 g/mol. The zero-order valence-electron chi connectivity index (χ0n) is 21.3. The molecule has 8 aromatic rings. The van der Waals surface area contributed by atoms with Crippen molar-refractivity contribution in [2.45, 2.75) is 0 Å². The van der Waals surface area contributed by atoms with Crippen LogP contribution in [-0.4, -0.2) is 6.71 Å². The quantitative estimate of drug-likeness (QED) is 0.154. The largest absolute Gasteiger partial charge is 0.458 e. The van der Waals surface area contributed by atoms with E-state index in [1.165, 1.54) is 32.3 Å². The minimum absolute atomic E-state index is 0.0219. The van der Waals surface area contributed by atoms with Crippen molar-refractivity contribution < 1.29 is 13.9 Å². The first kappa shape index (κ1) is 20.7. The topological polar surface area (TPSA) is 31.6 Å². The van der Waals surface area contributed by atoms with E-state index in [9.17, 15) is 0 Å². The molecule has 3 nitrogen and oxygen atoms in total. The van der Waals surface area contributed by atoms with Crippen LogP contribution in [0.15, 0.2) is 120 Å². The van der Waals surface area contributed by atoms with Gasteiger partial charge in [0, 0.05) is 22.3 Å². The van der Waals surface area contributed by atoms with Gasteiger partial charge < -0.3 is 13.9 Å². The lowest BCUT2D eigenvalue weighted by Crippen LogP contribution is -2.57. The normalized spacial score (nSPS) is 13.3. The van der Waals surface area contributed by atoms with E-state index in [2.05, 4.69) is 91.0 Å². The number of hydrogen-bond acceptors (Lipinski definition) is 3. The van der Waals surface area contributed by atoms with Crippen molar-refractivity contribution in [2.24, 2.45) is 0 Å². The number of para-hydroxylation sites is 1. The number of fused-ring (bicyclic) bond motifs is 13. The highest BCUT2D eigenvalue weighted by molar-refractivity contribution is 6.98. The van der Waals surface area contributed by atoms with Gasteiger partial charge in [-0.3, -0.25) is 0 Å². The lowest BCUT2D eigenvalue weighted by Gasteiger charge is -2.33. The third-order valence-corrected chi connectivity index (χ3v) is 8.76. The summed E-state index contributed by atoms with van der Waals surface area (Å²) in [6.45, 7) is -0.0219. The van der Waals surface area contributed by atoms with E-state index in [4.69, 9.17) is 13.9 Å². The van der Waals surface area contributed by atoms with E-state index in [1.807, 2.05) is 24.3 Å². The summed E-state index contributed by atoms with van der Waals surface area (Å²) in [5.41, 5.74) is 5.09. The van der Waals surface area contributed by atoms with Gasteiger partial charge in [-0.25, -0.2) is 0 Å². The van der Waals surface area contributed by atoms with Crippen LogP contribution in [0.25, 0.3) is 54.3 Å². The first-order valence-corrected chi connectivity index (χ1v) is 13.6. The first-order valence-electron chi connectivity index (χ1n) is 13.6. The number of hydrogen-bond donors (Lipinski definition) is 0. The molecule has 0 bridgehead atoms. The van der Waals surface area contributed by atoms with E-state index in [0.29, 0.717) is 0 Å². The fraction of sp³-hybridized carbons (Fsp3) is 0. The van der Waals surface area contributed by atoms with E-state index < -0.39 is 0 Å². The van der Waals surface area contributed by atoms with Crippen LogP contribution in [0.2, 0.25) is 0 Å². The standard InChI is InChI=1S/C36H19BO3/c1-3-10-22-20(8-1)21-9-2-4-11-23(21)26-18-34-28(16-25(22)26)37-29-17-27-24-12-5-6-13-30(24)38-33(27)19-35(29)40-32-15-7-14-31(39-34)36(32)37/h1-19H. The third-order valence-electron chi connectivity index (χ3n) is 8.76. The van der Waals surface area contributed by atoms with Crippen LogP contribution in [-0.2, 0) is 0 Å². The van der Waals surface area contributed by atoms with Crippen LogP contribution in [0.4, 0.5) is 0 Å². The summed E-state index contributed by atoms with van der Waals surface area (Å²) >= 11 is 0. The molecule has 0 unspecified atom stereocenters. The molecule has 3 heterocycles. The predicted molar refractivity (Wildman–Crippen MR) is 164 cm³/mol. The van der Waals surface area contributed by atoms with Crippen LogP contribution in [0.1, 0.15) is 0 Å². The lowest BCUT2D eigenvalue weighted by molar-refractivity contribution is 0.465. The Balaban J connectivity index is 1.34. The molecule has 2 aliphatic heterocycles. The summed E-state index contributed by atoms with van der Waals surface area (Å²) in [6, 6.07) is 40.6. The van der Waals surface area contributed by atoms with Crippen molar-refractivity contribution in [3.63, 3.8) is 0 Å². The molecule has 0 fully saturated rings. The van der Waals surface area contributed by atoms with Gasteiger partial charge in [0.05, 0.1) is 0 Å². The van der Waals surface area contributed by atoms with Gasteiger partial charge in [0.2, 0.25) is 0 Å². The summed E-state index contributed by atoms with van der Waals surface area (Å²) in [7, 11) is 0. The smallest absolute Gasteiger partial charge is 0.260 e. The van der Waals surface area contributed by atoms with E-state index in [0.717, 1.165) is 61.3 Å². The highest BCUT2D eigenvalue weighted by Crippen LogP contribution is 2.41. The summed E-state index contributed by atoms with van der Waals surface area (Å²) < 4.78 is 19.4. The van der Waals surface area contributed by atoms with Gasteiger partial charge in [-0.2, -0.15) is 0 Å². The number of furan rings is 1. The maximum absolute atomic E-state index is 6.65. The minimum Gasteiger partial charge on any atom is -0.458 e. The van der Waals surface area contributed by atoms with Gasteiger partial charge in [0.25, 0.3) is 6.71 Å². The second-order valence-electron chi connectivity index (χ2n) is 10.8. The van der Waals surface area contributed by atoms with Crippen LogP contribution < -0.4 is 25.9 Å². The van der Waals surface area contributed by atoms with Crippen molar-refractivity contribution in [2.75, 3.05) is 0 Å². The van der Waals surface area contributed by atoms with Crippen molar-refractivity contribution in [3.05, 3.63) is 115 Å². The van der Waals surface area contributed by atoms with Gasteiger partial charge in [0.1, 0.15) is 34.2 Å². The molecule has 0 atom stereocenters. The van der Waals surface area contributed by atoms with Gasteiger partial charge in [-0.05, 0) is 67.5 Å². The highest BCUT2D eigenvalue weighted by Gasteiger charge is 2.40. The Morgan fingerprint density at radius 3 is 1.57 bits per heavy atom. The summed E-state index contributed by atoms with van der Waals surface area (Å²) in [6.07, 6.45) is 0. The molecule has 4 heteroatoms. The lowest BCUT2D eigenvalue weighted by atomic mass is 9.34. The molecule has 2 aliphatic rings. The summed E-state index contributed by atoms with van der Waals surface area (Å²) in [4.78, 5) is 0. The average Bonchev–Trinajstić information content (AvgIpc) is 3.37. The van der Waals surface area contributed by atoms with E-state index in [1.54, 1.807) is 0 Å². The first-order chi connectivity index (χ1) is 19.8. The Morgan fingerprint density at radius 1 is 0.375 bits per heavy atom. The molecule has 1 aromatic heterocycles. The zero-order chi connectivity index (χ0) is 25.9. The second kappa shape index (κ2) is 7.25. The Labute approximate surface area is 229 Å². The Hall–Kier alpha value is -5.22. The van der Waals surface area contributed by atoms with Crippen LogP contribution in [0, 0.1) is 0 Å². The van der Waals surface area contributed by atoms with Crippen molar-refractivity contribution in [3.8, 4) is 23.0 Å². The second-order valence-corrected chi connectivity index (χ2v) is 10.8. The molecule has 10 rings (SSSR count). The number of ether oxygens (including phenoxy) is 2. The number of benzene rings is 7. The van der Waals surface area contributed by atoms with Gasteiger partial charge in [0.15, 0.2) is 0 Å². The van der Waals surface area contributed by atoms with Crippen LogP contribution in [0.5, 0.6) is 23.0 Å². The average molecular weight is 510 g/mol. The molecule has 0 radical (unpaired) electrons. The zero-order valence-corrected chi connectivity index (χ0v) is 21.3. The Bertz CT molecular complexity index is 2400. The molecular formula is C36H19BO3.